The molecule has 0 N–H and O–H groups in total. The average Bonchev–Trinajstić information content (AvgIpc) is 1.54. The summed E-state index contributed by atoms with van der Waals surface area (Å²) in [5.74, 6) is 0. The summed E-state index contributed by atoms with van der Waals surface area (Å²) >= 11 is 1.86. The van der Waals surface area contributed by atoms with Gasteiger partial charge in [0.05, 0.1) is 0 Å². The molecule has 0 bridgehead atoms. The number of benzene rings is 25. The minimum atomic E-state index is 0.872. The SMILES string of the molecule is c1ccc(-c2cc3ccccc3cc2-c2ccc(N(c3ccc(-c4cccc5ccccc45)cc3)c3ccc4c(c3)oc3ccccc34)cc2)cc1.c1ccc(-c2ccc(N(c3ccc(-c4cc5ccccc5cc4-c4ccccc4)cc3)c3ccc4c(c3)oc3ccccc34)cc2)cc1.c1ccc(-c2ccc(N(c3ccc(-c4cc5ccccc5cc4-c4ccccc4)cc3)c3ccc4c(c3)sc3ccccc34)cc2)cc1. The topological polar surface area (TPSA) is 36.0 Å². The molecule has 696 valence electrons. The number of hydrogen-bond acceptors (Lipinski definition) is 6. The van der Waals surface area contributed by atoms with Crippen molar-refractivity contribution in [2.75, 3.05) is 14.7 Å². The molecule has 5 nitrogen and oxygen atoms in total. The number of nitrogens with zero attached hydrogens (tertiary/aromatic N) is 3. The minimum absolute atomic E-state index is 0.872. The third-order valence-electron chi connectivity index (χ3n) is 28.8. The monoisotopic (exact) mass is 1910 g/mol. The van der Waals surface area contributed by atoms with Crippen LogP contribution in [0, 0.1) is 0 Å². The van der Waals surface area contributed by atoms with E-state index in [2.05, 4.69) is 567 Å². The van der Waals surface area contributed by atoms with Gasteiger partial charge in [-0.25, -0.2) is 0 Å². The highest BCUT2D eigenvalue weighted by Crippen LogP contribution is 2.49. The fraction of sp³-hybridized carbons (Fsp3) is 0. The van der Waals surface area contributed by atoms with Crippen LogP contribution < -0.4 is 14.7 Å². The number of anilines is 9. The lowest BCUT2D eigenvalue weighted by molar-refractivity contribution is 0.668. The van der Waals surface area contributed by atoms with Gasteiger partial charge in [0.15, 0.2) is 0 Å². The van der Waals surface area contributed by atoms with Gasteiger partial charge >= 0.3 is 0 Å². The van der Waals surface area contributed by atoms with Crippen LogP contribution >= 0.6 is 11.3 Å². The first-order valence-corrected chi connectivity index (χ1v) is 51.2. The van der Waals surface area contributed by atoms with Crippen molar-refractivity contribution >= 4 is 170 Å². The van der Waals surface area contributed by atoms with E-state index in [-0.39, 0.29) is 0 Å². The molecule has 148 heavy (non-hydrogen) atoms. The molecule has 25 aromatic carbocycles. The first-order chi connectivity index (χ1) is 73.3. The van der Waals surface area contributed by atoms with Gasteiger partial charge in [-0.2, -0.15) is 0 Å². The van der Waals surface area contributed by atoms with Crippen LogP contribution in [0.5, 0.6) is 0 Å². The van der Waals surface area contributed by atoms with Crippen LogP contribution in [0.2, 0.25) is 0 Å². The lowest BCUT2D eigenvalue weighted by Crippen LogP contribution is -2.09. The highest BCUT2D eigenvalue weighted by atomic mass is 32.1. The zero-order chi connectivity index (χ0) is 98.2. The van der Waals surface area contributed by atoms with Gasteiger partial charge in [-0.05, 0) is 307 Å². The van der Waals surface area contributed by atoms with Crippen LogP contribution in [0.4, 0.5) is 51.2 Å². The van der Waals surface area contributed by atoms with Gasteiger partial charge in [-0.3, -0.25) is 0 Å². The molecule has 28 rings (SSSR count). The fourth-order valence-corrected chi connectivity index (χ4v) is 22.6. The quantitative estimate of drug-likeness (QED) is 0.0856. The Balaban J connectivity index is 0.000000112. The Kier molecular flexibility index (Phi) is 23.6. The van der Waals surface area contributed by atoms with E-state index in [0.717, 1.165) is 95.1 Å². The molecule has 0 spiro atoms. The molecule has 3 aromatic heterocycles. The number of fused-ring (bicyclic) bond motifs is 13. The Morgan fingerprint density at radius 1 is 0.122 bits per heavy atom. The number of furan rings is 2. The van der Waals surface area contributed by atoms with Crippen molar-refractivity contribution in [2.45, 2.75) is 0 Å². The van der Waals surface area contributed by atoms with Gasteiger partial charge in [0.25, 0.3) is 0 Å². The second-order valence-corrected chi connectivity index (χ2v) is 38.8. The van der Waals surface area contributed by atoms with E-state index in [1.54, 1.807) is 0 Å². The summed E-state index contributed by atoms with van der Waals surface area (Å²) in [5.41, 5.74) is 35.1. The molecular formula is C142H95N3O2S. The Hall–Kier alpha value is -19.2. The molecule has 28 aromatic rings. The lowest BCUT2D eigenvalue weighted by Gasteiger charge is -2.26. The lowest BCUT2D eigenvalue weighted by atomic mass is 9.91. The number of hydrogen-bond donors (Lipinski definition) is 0. The molecule has 0 atom stereocenters. The summed E-state index contributed by atoms with van der Waals surface area (Å²) in [5, 5.41) is 17.0. The van der Waals surface area contributed by atoms with Crippen LogP contribution in [-0.2, 0) is 0 Å². The third kappa shape index (κ3) is 17.5. The summed E-state index contributed by atoms with van der Waals surface area (Å²) in [6.45, 7) is 0. The zero-order valence-corrected chi connectivity index (χ0v) is 81.7. The maximum Gasteiger partial charge on any atom is 0.137 e. The van der Waals surface area contributed by atoms with Crippen molar-refractivity contribution < 1.29 is 8.83 Å². The van der Waals surface area contributed by atoms with E-state index in [0.29, 0.717) is 0 Å². The Bertz CT molecular complexity index is 9370. The van der Waals surface area contributed by atoms with E-state index in [4.69, 9.17) is 8.83 Å². The summed E-state index contributed by atoms with van der Waals surface area (Å²) in [6, 6.07) is 207. The van der Waals surface area contributed by atoms with Crippen LogP contribution in [0.15, 0.2) is 585 Å². The van der Waals surface area contributed by atoms with Crippen molar-refractivity contribution in [3.8, 4) is 100 Å². The molecule has 0 amide bonds. The second kappa shape index (κ2) is 39.2. The largest absolute Gasteiger partial charge is 0.456 e. The molecule has 0 saturated heterocycles. The van der Waals surface area contributed by atoms with E-state index in [1.165, 1.54) is 163 Å². The van der Waals surface area contributed by atoms with Crippen molar-refractivity contribution in [2.24, 2.45) is 0 Å². The normalized spacial score (nSPS) is 11.4. The van der Waals surface area contributed by atoms with E-state index in [1.807, 2.05) is 35.6 Å². The van der Waals surface area contributed by atoms with Gasteiger partial charge in [0.2, 0.25) is 0 Å². The van der Waals surface area contributed by atoms with Crippen molar-refractivity contribution in [1.29, 1.82) is 0 Å². The standard InChI is InChI=1S/C50H33NO.C46H31NO.C46H31NS/c1-2-11-35(12-3-1)47-31-38-14-4-5-15-39(38)32-48(47)37-23-27-41(28-24-37)51(42-29-30-46-45-18-8-9-20-49(45)52-50(46)33-42)40-25-21-36(22-26-40)44-19-10-16-34-13-6-7-17-43(34)44;2*1-3-11-32(12-4-1)33-19-23-38(24-20-33)47(40-27-28-42-41-17-9-10-18-45(41)48-46(42)31-40)39-25-21-35(22-26-39)44-30-37-16-8-7-15-36(37)29-43(44)34-13-5-2-6-14-34/h1-33H;2*1-31H. The average molecular weight is 1910 g/mol. The molecule has 0 fully saturated rings. The zero-order valence-electron chi connectivity index (χ0n) is 80.9. The van der Waals surface area contributed by atoms with E-state index >= 15 is 0 Å². The summed E-state index contributed by atoms with van der Waals surface area (Å²) in [7, 11) is 0. The van der Waals surface area contributed by atoms with Crippen molar-refractivity contribution in [3.05, 3.63) is 576 Å². The molecule has 6 heteroatoms. The Labute approximate surface area is 863 Å². The smallest absolute Gasteiger partial charge is 0.137 e. The summed E-state index contributed by atoms with van der Waals surface area (Å²) in [4.78, 5) is 7.01. The van der Waals surface area contributed by atoms with Crippen LogP contribution in [0.3, 0.4) is 0 Å². The molecule has 0 aliphatic rings. The number of para-hydroxylation sites is 2. The van der Waals surface area contributed by atoms with Crippen LogP contribution in [-0.4, -0.2) is 0 Å². The van der Waals surface area contributed by atoms with Gasteiger partial charge in [-0.1, -0.05) is 400 Å². The minimum Gasteiger partial charge on any atom is -0.456 e. The molecular weight excluding hydrogens is 1810 g/mol. The van der Waals surface area contributed by atoms with Crippen molar-refractivity contribution in [1.82, 2.24) is 0 Å². The number of rotatable bonds is 18. The first-order valence-electron chi connectivity index (χ1n) is 50.4. The van der Waals surface area contributed by atoms with E-state index in [9.17, 15) is 0 Å². The van der Waals surface area contributed by atoms with Crippen LogP contribution in [0.1, 0.15) is 0 Å². The number of thiophene rings is 1. The predicted octanol–water partition coefficient (Wildman–Crippen LogP) is 41.3. The molecule has 0 aliphatic carbocycles. The van der Waals surface area contributed by atoms with Crippen LogP contribution in [0.25, 0.3) is 207 Å². The molecule has 3 heterocycles. The molecule has 0 radical (unpaired) electrons. The maximum absolute atomic E-state index is 6.37. The van der Waals surface area contributed by atoms with Gasteiger partial charge in [-0.15, -0.1) is 11.3 Å². The predicted molar refractivity (Wildman–Crippen MR) is 630 cm³/mol. The van der Waals surface area contributed by atoms with Crippen molar-refractivity contribution in [3.63, 3.8) is 0 Å². The van der Waals surface area contributed by atoms with Gasteiger partial charge < -0.3 is 23.5 Å². The Morgan fingerprint density at radius 2 is 0.345 bits per heavy atom. The van der Waals surface area contributed by atoms with Gasteiger partial charge in [0.1, 0.15) is 22.3 Å². The Morgan fingerprint density at radius 3 is 0.689 bits per heavy atom. The fourth-order valence-electron chi connectivity index (χ4n) is 21.4. The van der Waals surface area contributed by atoms with Gasteiger partial charge in [0, 0.05) is 105 Å². The maximum atomic E-state index is 6.37. The highest BCUT2D eigenvalue weighted by molar-refractivity contribution is 7.25. The summed E-state index contributed by atoms with van der Waals surface area (Å²) in [6.07, 6.45) is 0. The molecule has 0 unspecified atom stereocenters. The molecule has 0 saturated carbocycles. The summed E-state index contributed by atoms with van der Waals surface area (Å²) < 4.78 is 15.3. The first kappa shape index (κ1) is 88.9. The second-order valence-electron chi connectivity index (χ2n) is 37.7. The third-order valence-corrected chi connectivity index (χ3v) is 29.9. The van der Waals surface area contributed by atoms with E-state index < -0.39 is 0 Å². The highest BCUT2D eigenvalue weighted by Gasteiger charge is 2.24. The molecule has 0 aliphatic heterocycles.